The lowest BCUT2D eigenvalue weighted by atomic mass is 9.79. The van der Waals surface area contributed by atoms with Crippen molar-refractivity contribution in [3.63, 3.8) is 0 Å². The van der Waals surface area contributed by atoms with Crippen LogP contribution in [0.1, 0.15) is 52.5 Å². The largest absolute Gasteiger partial charge is 0.508 e. The minimum atomic E-state index is -0.144. The van der Waals surface area contributed by atoms with Crippen molar-refractivity contribution >= 4 is 5.91 Å². The van der Waals surface area contributed by atoms with Crippen LogP contribution in [-0.4, -0.2) is 24.2 Å². The number of benzene rings is 1. The number of ether oxygens (including phenoxy) is 1. The van der Waals surface area contributed by atoms with Gasteiger partial charge in [0.05, 0.1) is 7.11 Å². The van der Waals surface area contributed by atoms with Crippen LogP contribution in [0.25, 0.3) is 0 Å². The Morgan fingerprint density at radius 2 is 2.10 bits per heavy atom. The van der Waals surface area contributed by atoms with Crippen LogP contribution in [0.5, 0.6) is 11.5 Å². The molecule has 1 aromatic rings. The molecule has 1 aromatic carbocycles. The quantitative estimate of drug-likeness (QED) is 0.810. The molecule has 4 nitrogen and oxygen atoms in total. The molecule has 0 saturated carbocycles. The van der Waals surface area contributed by atoms with Gasteiger partial charge in [0.15, 0.2) is 0 Å². The summed E-state index contributed by atoms with van der Waals surface area (Å²) in [5.74, 6) is 1.06. The number of aromatic hydroxyl groups is 1. The summed E-state index contributed by atoms with van der Waals surface area (Å²) in [4.78, 5) is 11.0. The number of hydrogen-bond donors (Lipinski definition) is 2. The topological polar surface area (TPSA) is 58.6 Å². The number of hydrogen-bond acceptors (Lipinski definition) is 3. The SMILES string of the molecule is COc1ccc(O)c(C(C)(C)CCCC(C)NC(C)=O)c1. The maximum atomic E-state index is 11.0. The molecule has 0 radical (unpaired) electrons. The van der Waals surface area contributed by atoms with E-state index in [9.17, 15) is 9.90 Å². The van der Waals surface area contributed by atoms with E-state index in [1.54, 1.807) is 19.2 Å². The average molecular weight is 293 g/mol. The summed E-state index contributed by atoms with van der Waals surface area (Å²) in [6, 6.07) is 5.51. The molecule has 0 heterocycles. The predicted molar refractivity (Wildman–Crippen MR) is 84.8 cm³/mol. The molecule has 0 aliphatic heterocycles. The molecule has 1 rings (SSSR count). The van der Waals surface area contributed by atoms with Crippen molar-refractivity contribution in [3.05, 3.63) is 23.8 Å². The van der Waals surface area contributed by atoms with E-state index in [1.165, 1.54) is 6.92 Å². The van der Waals surface area contributed by atoms with Crippen LogP contribution in [0.15, 0.2) is 18.2 Å². The molecule has 4 heteroatoms. The summed E-state index contributed by atoms with van der Waals surface area (Å²) in [6.45, 7) is 7.78. The lowest BCUT2D eigenvalue weighted by Gasteiger charge is -2.27. The fraction of sp³-hybridized carbons (Fsp3) is 0.588. The number of phenols is 1. The van der Waals surface area contributed by atoms with E-state index < -0.39 is 0 Å². The molecule has 21 heavy (non-hydrogen) atoms. The number of phenolic OH excluding ortho intramolecular Hbond substituents is 1. The summed E-state index contributed by atoms with van der Waals surface area (Å²) >= 11 is 0. The van der Waals surface area contributed by atoms with Crippen LogP contribution >= 0.6 is 0 Å². The van der Waals surface area contributed by atoms with Gasteiger partial charge in [0.1, 0.15) is 11.5 Å². The predicted octanol–water partition coefficient (Wildman–Crippen LogP) is 3.37. The summed E-state index contributed by atoms with van der Waals surface area (Å²) in [5, 5.41) is 13.0. The first-order chi connectivity index (χ1) is 9.76. The van der Waals surface area contributed by atoms with Gasteiger partial charge < -0.3 is 15.2 Å². The number of nitrogens with one attached hydrogen (secondary N) is 1. The molecule has 2 N–H and O–H groups in total. The maximum absolute atomic E-state index is 11.0. The molecule has 1 atom stereocenters. The normalized spacial score (nSPS) is 12.8. The molecule has 0 fully saturated rings. The number of carbonyl (C=O) groups excluding carboxylic acids is 1. The zero-order valence-corrected chi connectivity index (χ0v) is 13.7. The molecule has 0 aliphatic carbocycles. The number of methoxy groups -OCH3 is 1. The molecule has 0 spiro atoms. The molecule has 0 saturated heterocycles. The first-order valence-electron chi connectivity index (χ1n) is 7.41. The third-order valence-electron chi connectivity index (χ3n) is 3.82. The van der Waals surface area contributed by atoms with Gasteiger partial charge in [-0.1, -0.05) is 20.3 Å². The lowest BCUT2D eigenvalue weighted by molar-refractivity contribution is -0.119. The average Bonchev–Trinajstić information content (AvgIpc) is 2.37. The minimum absolute atomic E-state index is 0.00667. The summed E-state index contributed by atoms with van der Waals surface area (Å²) < 4.78 is 5.23. The maximum Gasteiger partial charge on any atom is 0.217 e. The Morgan fingerprint density at radius 1 is 1.43 bits per heavy atom. The van der Waals surface area contributed by atoms with Gasteiger partial charge >= 0.3 is 0 Å². The fourth-order valence-electron chi connectivity index (χ4n) is 2.59. The minimum Gasteiger partial charge on any atom is -0.508 e. The highest BCUT2D eigenvalue weighted by Gasteiger charge is 2.24. The Morgan fingerprint density at radius 3 is 2.67 bits per heavy atom. The molecule has 1 unspecified atom stereocenters. The van der Waals surface area contributed by atoms with Crippen molar-refractivity contribution in [1.82, 2.24) is 5.32 Å². The van der Waals surface area contributed by atoms with Crippen molar-refractivity contribution in [2.45, 2.75) is 58.4 Å². The Balaban J connectivity index is 2.66. The van der Waals surface area contributed by atoms with Gasteiger partial charge in [-0.25, -0.2) is 0 Å². The van der Waals surface area contributed by atoms with E-state index >= 15 is 0 Å². The standard InChI is InChI=1S/C17H27NO3/c1-12(18-13(2)19)7-6-10-17(3,4)15-11-14(21-5)8-9-16(15)20/h8-9,11-12,20H,6-7,10H2,1-5H3,(H,18,19). The van der Waals surface area contributed by atoms with Crippen LogP contribution in [0, 0.1) is 0 Å². The van der Waals surface area contributed by atoms with Gasteiger partial charge in [-0.15, -0.1) is 0 Å². The molecule has 0 bridgehead atoms. The number of amides is 1. The van der Waals surface area contributed by atoms with E-state index in [0.29, 0.717) is 5.75 Å². The third kappa shape index (κ3) is 5.29. The van der Waals surface area contributed by atoms with Crippen LogP contribution in [0.4, 0.5) is 0 Å². The number of rotatable bonds is 7. The lowest BCUT2D eigenvalue weighted by Crippen LogP contribution is -2.30. The second-order valence-corrected chi connectivity index (χ2v) is 6.26. The van der Waals surface area contributed by atoms with Crippen molar-refractivity contribution in [2.24, 2.45) is 0 Å². The van der Waals surface area contributed by atoms with E-state index in [0.717, 1.165) is 30.6 Å². The van der Waals surface area contributed by atoms with Crippen LogP contribution < -0.4 is 10.1 Å². The van der Waals surface area contributed by atoms with E-state index in [2.05, 4.69) is 19.2 Å². The van der Waals surface area contributed by atoms with Crippen LogP contribution in [0.2, 0.25) is 0 Å². The monoisotopic (exact) mass is 293 g/mol. The molecular weight excluding hydrogens is 266 g/mol. The van der Waals surface area contributed by atoms with Crippen molar-refractivity contribution in [3.8, 4) is 11.5 Å². The third-order valence-corrected chi connectivity index (χ3v) is 3.82. The molecule has 1 amide bonds. The summed E-state index contributed by atoms with van der Waals surface area (Å²) in [7, 11) is 1.62. The van der Waals surface area contributed by atoms with Gasteiger partial charge in [-0.3, -0.25) is 4.79 Å². The first kappa shape index (κ1) is 17.3. The molecule has 0 aromatic heterocycles. The van der Waals surface area contributed by atoms with Crippen LogP contribution in [0.3, 0.4) is 0 Å². The van der Waals surface area contributed by atoms with E-state index in [-0.39, 0.29) is 17.4 Å². The highest BCUT2D eigenvalue weighted by molar-refractivity contribution is 5.73. The zero-order valence-electron chi connectivity index (χ0n) is 13.7. The Labute approximate surface area is 127 Å². The number of carbonyl (C=O) groups is 1. The molecular formula is C17H27NO3. The highest BCUT2D eigenvalue weighted by atomic mass is 16.5. The van der Waals surface area contributed by atoms with Gasteiger partial charge in [0.25, 0.3) is 0 Å². The van der Waals surface area contributed by atoms with Gasteiger partial charge in [-0.2, -0.15) is 0 Å². The van der Waals surface area contributed by atoms with Gasteiger partial charge in [-0.05, 0) is 43.4 Å². The smallest absolute Gasteiger partial charge is 0.217 e. The van der Waals surface area contributed by atoms with E-state index in [4.69, 9.17) is 4.74 Å². The molecule has 118 valence electrons. The Bertz CT molecular complexity index is 483. The van der Waals surface area contributed by atoms with Crippen LogP contribution in [-0.2, 0) is 10.2 Å². The Hall–Kier alpha value is -1.71. The van der Waals surface area contributed by atoms with Gasteiger partial charge in [0.2, 0.25) is 5.91 Å². The fourth-order valence-corrected chi connectivity index (χ4v) is 2.59. The zero-order chi connectivity index (χ0) is 16.0. The van der Waals surface area contributed by atoms with Crippen molar-refractivity contribution in [1.29, 1.82) is 0 Å². The first-order valence-corrected chi connectivity index (χ1v) is 7.41. The van der Waals surface area contributed by atoms with Crippen molar-refractivity contribution < 1.29 is 14.6 Å². The van der Waals surface area contributed by atoms with E-state index in [1.807, 2.05) is 13.0 Å². The second kappa shape index (κ2) is 7.34. The highest BCUT2D eigenvalue weighted by Crippen LogP contribution is 2.37. The molecule has 0 aliphatic rings. The van der Waals surface area contributed by atoms with Crippen molar-refractivity contribution in [2.75, 3.05) is 7.11 Å². The summed E-state index contributed by atoms with van der Waals surface area (Å²) in [5.41, 5.74) is 0.753. The van der Waals surface area contributed by atoms with Gasteiger partial charge in [0, 0.05) is 18.5 Å². The summed E-state index contributed by atoms with van der Waals surface area (Å²) in [6.07, 6.45) is 2.83. The second-order valence-electron chi connectivity index (χ2n) is 6.26. The Kier molecular flexibility index (Phi) is 6.06.